The van der Waals surface area contributed by atoms with Gasteiger partial charge in [-0.15, -0.1) is 0 Å². The van der Waals surface area contributed by atoms with Crippen molar-refractivity contribution < 1.29 is 29.3 Å². The van der Waals surface area contributed by atoms with Crippen LogP contribution in [-0.4, -0.2) is 34.2 Å². The average Bonchev–Trinajstić information content (AvgIpc) is 3.13. The zero-order chi connectivity index (χ0) is 24.7. The van der Waals surface area contributed by atoms with Gasteiger partial charge in [0, 0.05) is 6.42 Å². The van der Waals surface area contributed by atoms with Crippen molar-refractivity contribution in [1.29, 1.82) is 0 Å². The van der Waals surface area contributed by atoms with Crippen molar-refractivity contribution >= 4 is 17.9 Å². The highest BCUT2D eigenvalue weighted by atomic mass is 16.5. The minimum atomic E-state index is -0.957. The van der Waals surface area contributed by atoms with E-state index in [1.165, 1.54) is 38.5 Å². The van der Waals surface area contributed by atoms with Crippen LogP contribution >= 0.6 is 0 Å². The fraction of sp³-hybridized carbons (Fsp3) is 0.893. The summed E-state index contributed by atoms with van der Waals surface area (Å²) in [6.07, 6.45) is 11.3. The van der Waals surface area contributed by atoms with Crippen molar-refractivity contribution in [2.75, 3.05) is 0 Å². The molecule has 6 heteroatoms. The van der Waals surface area contributed by atoms with Crippen LogP contribution < -0.4 is 0 Å². The van der Waals surface area contributed by atoms with E-state index in [-0.39, 0.29) is 31.3 Å². The maximum Gasteiger partial charge on any atom is 0.306 e. The lowest BCUT2D eigenvalue weighted by atomic mass is 9.44. The van der Waals surface area contributed by atoms with Crippen molar-refractivity contribution in [2.24, 2.45) is 46.3 Å². The van der Waals surface area contributed by atoms with E-state index in [1.807, 2.05) is 0 Å². The second-order valence-electron chi connectivity index (χ2n) is 12.6. The van der Waals surface area contributed by atoms with E-state index in [2.05, 4.69) is 20.8 Å². The number of fused-ring (bicyclic) bond motifs is 5. The van der Waals surface area contributed by atoms with Crippen LogP contribution in [0.3, 0.4) is 0 Å². The van der Waals surface area contributed by atoms with Gasteiger partial charge in [-0.05, 0) is 111 Å². The molecule has 0 aliphatic heterocycles. The molecule has 0 bridgehead atoms. The SMILES string of the molecule is CC(CCC(=O)O)C1CCC2C3CCC4CC(OC(=O)CCC(=O)O)CC[C@]4(C)C3CC[C@]12C. The van der Waals surface area contributed by atoms with E-state index in [9.17, 15) is 14.4 Å². The van der Waals surface area contributed by atoms with Crippen molar-refractivity contribution in [3.05, 3.63) is 0 Å². The Labute approximate surface area is 204 Å². The molecule has 192 valence electrons. The zero-order valence-electron chi connectivity index (χ0n) is 21.3. The standard InChI is InChI=1S/C28H44O6/c1-17(4-9-24(29)30)21-7-8-22-20-6-5-18-16-19(34-26(33)11-10-25(31)32)12-14-27(18,2)23(20)13-15-28(21,22)3/h17-23H,4-16H2,1-3H3,(H,29,30)(H,31,32)/t17?,18?,19?,20?,21?,22?,23?,27-,28+/m0/s1. The van der Waals surface area contributed by atoms with Crippen LogP contribution in [0, 0.1) is 46.3 Å². The lowest BCUT2D eigenvalue weighted by Crippen LogP contribution is -2.54. The Hall–Kier alpha value is -1.59. The van der Waals surface area contributed by atoms with Crippen molar-refractivity contribution in [3.8, 4) is 0 Å². The van der Waals surface area contributed by atoms with Crippen molar-refractivity contribution in [2.45, 2.75) is 110 Å². The highest BCUT2D eigenvalue weighted by Gasteiger charge is 2.60. The van der Waals surface area contributed by atoms with E-state index < -0.39 is 11.9 Å². The van der Waals surface area contributed by atoms with Gasteiger partial charge in [-0.1, -0.05) is 20.8 Å². The summed E-state index contributed by atoms with van der Waals surface area (Å²) in [5.41, 5.74) is 0.653. The van der Waals surface area contributed by atoms with Gasteiger partial charge in [0.05, 0.1) is 12.8 Å². The highest BCUT2D eigenvalue weighted by molar-refractivity contribution is 5.76. The summed E-state index contributed by atoms with van der Waals surface area (Å²) in [7, 11) is 0. The van der Waals surface area contributed by atoms with Crippen molar-refractivity contribution in [3.63, 3.8) is 0 Å². The molecule has 4 aliphatic rings. The summed E-state index contributed by atoms with van der Waals surface area (Å²) in [5.74, 6) is 1.96. The number of carbonyl (C=O) groups excluding carboxylic acids is 1. The molecule has 0 radical (unpaired) electrons. The molecule has 34 heavy (non-hydrogen) atoms. The Morgan fingerprint density at radius 2 is 1.53 bits per heavy atom. The summed E-state index contributed by atoms with van der Waals surface area (Å²) in [6.45, 7) is 7.30. The van der Waals surface area contributed by atoms with Crippen LogP contribution in [0.15, 0.2) is 0 Å². The number of carbonyl (C=O) groups is 3. The molecule has 7 unspecified atom stereocenters. The maximum atomic E-state index is 12.1. The number of aliphatic carboxylic acids is 2. The molecule has 4 aliphatic carbocycles. The van der Waals surface area contributed by atoms with Gasteiger partial charge in [0.2, 0.25) is 0 Å². The summed E-state index contributed by atoms with van der Waals surface area (Å²) >= 11 is 0. The predicted octanol–water partition coefficient (Wildman–Crippen LogP) is 5.92. The Kier molecular flexibility index (Phi) is 7.36. The fourth-order valence-corrected chi connectivity index (χ4v) is 9.31. The third kappa shape index (κ3) is 4.75. The predicted molar refractivity (Wildman–Crippen MR) is 128 cm³/mol. The molecule has 0 spiro atoms. The third-order valence-corrected chi connectivity index (χ3v) is 11.0. The van der Waals surface area contributed by atoms with Gasteiger partial charge in [0.15, 0.2) is 0 Å². The second kappa shape index (κ2) is 9.81. The van der Waals surface area contributed by atoms with E-state index in [0.717, 1.165) is 43.4 Å². The quantitative estimate of drug-likeness (QED) is 0.422. The third-order valence-electron chi connectivity index (χ3n) is 11.0. The Morgan fingerprint density at radius 3 is 2.24 bits per heavy atom. The zero-order valence-corrected chi connectivity index (χ0v) is 21.3. The monoisotopic (exact) mass is 476 g/mol. The molecule has 0 aromatic rings. The molecule has 4 saturated carbocycles. The molecule has 0 aromatic heterocycles. The van der Waals surface area contributed by atoms with Gasteiger partial charge in [-0.2, -0.15) is 0 Å². The Balaban J connectivity index is 1.39. The van der Waals surface area contributed by atoms with Gasteiger partial charge in [-0.3, -0.25) is 14.4 Å². The van der Waals surface area contributed by atoms with Crippen LogP contribution in [-0.2, 0) is 19.1 Å². The van der Waals surface area contributed by atoms with Crippen LogP contribution in [0.4, 0.5) is 0 Å². The summed E-state index contributed by atoms with van der Waals surface area (Å²) in [4.78, 5) is 34.0. The lowest BCUT2D eigenvalue weighted by molar-refractivity contribution is -0.164. The number of carboxylic acid groups (broad SMARTS) is 2. The van der Waals surface area contributed by atoms with Gasteiger partial charge >= 0.3 is 17.9 Å². The number of esters is 1. The minimum absolute atomic E-state index is 0.0369. The van der Waals surface area contributed by atoms with Crippen LogP contribution in [0.5, 0.6) is 0 Å². The molecule has 0 aromatic carbocycles. The second-order valence-corrected chi connectivity index (χ2v) is 12.6. The number of hydrogen-bond acceptors (Lipinski definition) is 4. The molecule has 4 rings (SSSR count). The first kappa shape index (κ1) is 25.5. The van der Waals surface area contributed by atoms with E-state index in [0.29, 0.717) is 28.6 Å². The first-order chi connectivity index (χ1) is 16.0. The van der Waals surface area contributed by atoms with E-state index in [4.69, 9.17) is 14.9 Å². The van der Waals surface area contributed by atoms with E-state index >= 15 is 0 Å². The first-order valence-electron chi connectivity index (χ1n) is 13.7. The van der Waals surface area contributed by atoms with Crippen LogP contribution in [0.1, 0.15) is 104 Å². The summed E-state index contributed by atoms with van der Waals surface area (Å²) in [6, 6.07) is 0. The van der Waals surface area contributed by atoms with Crippen molar-refractivity contribution in [1.82, 2.24) is 0 Å². The molecular formula is C28H44O6. The van der Waals surface area contributed by atoms with Gasteiger partial charge in [-0.25, -0.2) is 0 Å². The van der Waals surface area contributed by atoms with Crippen LogP contribution in [0.2, 0.25) is 0 Å². The van der Waals surface area contributed by atoms with Crippen LogP contribution in [0.25, 0.3) is 0 Å². The smallest absolute Gasteiger partial charge is 0.306 e. The van der Waals surface area contributed by atoms with Gasteiger partial charge < -0.3 is 14.9 Å². The number of hydrogen-bond donors (Lipinski definition) is 2. The molecule has 6 nitrogen and oxygen atoms in total. The highest BCUT2D eigenvalue weighted by Crippen LogP contribution is 2.68. The average molecular weight is 477 g/mol. The van der Waals surface area contributed by atoms with Gasteiger partial charge in [0.1, 0.15) is 6.10 Å². The molecule has 2 N–H and O–H groups in total. The molecule has 0 saturated heterocycles. The normalized spacial score (nSPS) is 42.1. The first-order valence-corrected chi connectivity index (χ1v) is 13.7. The topological polar surface area (TPSA) is 101 Å². The summed E-state index contributed by atoms with van der Waals surface area (Å²) < 4.78 is 5.69. The van der Waals surface area contributed by atoms with E-state index in [1.54, 1.807) is 0 Å². The molecular weight excluding hydrogens is 432 g/mol. The fourth-order valence-electron chi connectivity index (χ4n) is 9.31. The number of ether oxygens (including phenoxy) is 1. The minimum Gasteiger partial charge on any atom is -0.481 e. The van der Waals surface area contributed by atoms with Gasteiger partial charge in [0.25, 0.3) is 0 Å². The molecule has 0 heterocycles. The molecule has 4 fully saturated rings. The summed E-state index contributed by atoms with van der Waals surface area (Å²) in [5, 5.41) is 18.0. The Bertz CT molecular complexity index is 794. The number of rotatable bonds is 8. The largest absolute Gasteiger partial charge is 0.481 e. The molecule has 9 atom stereocenters. The number of carboxylic acids is 2. The molecule has 0 amide bonds. The maximum absolute atomic E-state index is 12.1. The lowest BCUT2D eigenvalue weighted by Gasteiger charge is -2.61. The Morgan fingerprint density at radius 1 is 0.853 bits per heavy atom.